The van der Waals surface area contributed by atoms with Crippen LogP contribution in [0.3, 0.4) is 0 Å². The summed E-state index contributed by atoms with van der Waals surface area (Å²) in [6.45, 7) is 1.96. The molecule has 0 spiro atoms. The van der Waals surface area contributed by atoms with Crippen molar-refractivity contribution >= 4 is 17.6 Å². The van der Waals surface area contributed by atoms with Crippen molar-refractivity contribution in [2.45, 2.75) is 44.2 Å². The lowest BCUT2D eigenvalue weighted by Gasteiger charge is -2.38. The standard InChI is InChI=1S/C27H31N7O/c28-15-21-9-6-11-24(14-21)34(19-29)27(30)32-25-12-5-4-10-22(25)16-33-17-23(31-26(35)18-33)13-20-7-2-1-3-8-20/h1-3,6-9,11,14,22-23,25H,4-5,10,12-13,16-18H2,(H2,30,32)(H,31,35)/t22-,23-,25+/m0/s1. The molecule has 2 aliphatic rings. The van der Waals surface area contributed by atoms with Gasteiger partial charge in [0.15, 0.2) is 6.19 Å². The van der Waals surface area contributed by atoms with Gasteiger partial charge in [-0.25, -0.2) is 9.89 Å². The lowest BCUT2D eigenvalue weighted by atomic mass is 9.84. The number of aliphatic imine (C=N–C) groups is 1. The largest absolute Gasteiger partial charge is 0.369 e. The van der Waals surface area contributed by atoms with Crippen LogP contribution in [0.25, 0.3) is 0 Å². The minimum atomic E-state index is -0.0173. The zero-order valence-electron chi connectivity index (χ0n) is 19.8. The number of piperazine rings is 1. The number of nitrogens with zero attached hydrogens (tertiary/aromatic N) is 5. The molecule has 0 unspecified atom stereocenters. The number of hydrogen-bond donors (Lipinski definition) is 2. The summed E-state index contributed by atoms with van der Waals surface area (Å²) in [5.74, 6) is 0.454. The van der Waals surface area contributed by atoms with Gasteiger partial charge in [-0.2, -0.15) is 10.5 Å². The molecule has 8 nitrogen and oxygen atoms in total. The second-order valence-electron chi connectivity index (χ2n) is 9.34. The van der Waals surface area contributed by atoms with Crippen LogP contribution in [0.4, 0.5) is 5.69 Å². The maximum Gasteiger partial charge on any atom is 0.234 e. The van der Waals surface area contributed by atoms with Crippen molar-refractivity contribution in [2.24, 2.45) is 16.6 Å². The third-order valence-electron chi connectivity index (χ3n) is 6.76. The summed E-state index contributed by atoms with van der Waals surface area (Å²) < 4.78 is 0. The molecule has 0 aromatic heterocycles. The number of guanidine groups is 1. The second kappa shape index (κ2) is 11.5. The Kier molecular flexibility index (Phi) is 7.97. The SMILES string of the molecule is N#Cc1cccc(N(C#N)C(N)=N[C@@H]2CCCC[C@H]2CN2CC(=O)N[C@@H](Cc3ccccc3)C2)c1. The molecule has 1 amide bonds. The van der Waals surface area contributed by atoms with Crippen LogP contribution in [-0.4, -0.2) is 48.5 Å². The summed E-state index contributed by atoms with van der Waals surface area (Å²) in [5.41, 5.74) is 8.50. The van der Waals surface area contributed by atoms with Crippen LogP contribution in [0.1, 0.15) is 36.8 Å². The van der Waals surface area contributed by atoms with Gasteiger partial charge >= 0.3 is 0 Å². The number of nitrogens with two attached hydrogens (primary N) is 1. The molecule has 35 heavy (non-hydrogen) atoms. The lowest BCUT2D eigenvalue weighted by Crippen LogP contribution is -2.56. The molecule has 3 atom stereocenters. The van der Waals surface area contributed by atoms with E-state index in [2.05, 4.69) is 34.6 Å². The quantitative estimate of drug-likeness (QED) is 0.290. The van der Waals surface area contributed by atoms with Gasteiger partial charge in [0.05, 0.1) is 29.9 Å². The Bertz CT molecular complexity index is 1130. The average Bonchev–Trinajstić information content (AvgIpc) is 2.86. The van der Waals surface area contributed by atoms with Gasteiger partial charge in [0.1, 0.15) is 0 Å². The second-order valence-corrected chi connectivity index (χ2v) is 9.34. The highest BCUT2D eigenvalue weighted by molar-refractivity contribution is 5.97. The van der Waals surface area contributed by atoms with Crippen LogP contribution in [0.2, 0.25) is 0 Å². The van der Waals surface area contributed by atoms with Crippen molar-refractivity contribution in [1.29, 1.82) is 10.5 Å². The predicted octanol–water partition coefficient (Wildman–Crippen LogP) is 2.76. The zero-order valence-corrected chi connectivity index (χ0v) is 19.8. The van der Waals surface area contributed by atoms with Crippen LogP contribution >= 0.6 is 0 Å². The van der Waals surface area contributed by atoms with Crippen molar-refractivity contribution in [1.82, 2.24) is 10.2 Å². The van der Waals surface area contributed by atoms with Gasteiger partial charge in [-0.05, 0) is 48.9 Å². The number of nitrogens with one attached hydrogen (secondary N) is 1. The highest BCUT2D eigenvalue weighted by Gasteiger charge is 2.31. The van der Waals surface area contributed by atoms with E-state index in [1.807, 2.05) is 18.2 Å². The monoisotopic (exact) mass is 469 g/mol. The van der Waals surface area contributed by atoms with E-state index in [1.54, 1.807) is 24.3 Å². The predicted molar refractivity (Wildman–Crippen MR) is 135 cm³/mol. The molecule has 1 aliphatic heterocycles. The number of carbonyl (C=O) groups excluding carboxylic acids is 1. The summed E-state index contributed by atoms with van der Waals surface area (Å²) in [5, 5.41) is 22.0. The third kappa shape index (κ3) is 6.38. The number of rotatable bonds is 6. The van der Waals surface area contributed by atoms with Crippen LogP contribution in [0.15, 0.2) is 59.6 Å². The molecule has 1 heterocycles. The molecule has 3 N–H and O–H groups in total. The molecular weight excluding hydrogens is 438 g/mol. The molecule has 0 bridgehead atoms. The number of amides is 1. The Labute approximate surface area is 206 Å². The van der Waals surface area contributed by atoms with Crippen LogP contribution in [0, 0.1) is 28.7 Å². The fourth-order valence-electron chi connectivity index (χ4n) is 5.14. The van der Waals surface area contributed by atoms with E-state index in [9.17, 15) is 15.3 Å². The van der Waals surface area contributed by atoms with E-state index < -0.39 is 0 Å². The number of anilines is 1. The summed E-state index contributed by atoms with van der Waals surface area (Å²) in [6, 6.07) is 19.1. The lowest BCUT2D eigenvalue weighted by molar-refractivity contribution is -0.125. The van der Waals surface area contributed by atoms with Crippen LogP contribution in [-0.2, 0) is 11.2 Å². The third-order valence-corrected chi connectivity index (χ3v) is 6.76. The molecule has 1 saturated carbocycles. The molecule has 0 radical (unpaired) electrons. The molecule has 1 aliphatic carbocycles. The summed E-state index contributed by atoms with van der Waals surface area (Å²) in [4.78, 5) is 20.7. The molecule has 4 rings (SSSR count). The Hall–Kier alpha value is -3.88. The first-order valence-corrected chi connectivity index (χ1v) is 12.1. The highest BCUT2D eigenvalue weighted by atomic mass is 16.2. The van der Waals surface area contributed by atoms with Gasteiger partial charge in [-0.3, -0.25) is 9.69 Å². The summed E-state index contributed by atoms with van der Waals surface area (Å²) in [6.07, 6.45) is 7.00. The fourth-order valence-corrected chi connectivity index (χ4v) is 5.14. The van der Waals surface area contributed by atoms with Gasteiger partial charge in [-0.1, -0.05) is 49.2 Å². The van der Waals surface area contributed by atoms with E-state index in [4.69, 9.17) is 10.7 Å². The smallest absolute Gasteiger partial charge is 0.234 e. The van der Waals surface area contributed by atoms with E-state index in [0.29, 0.717) is 17.8 Å². The maximum atomic E-state index is 12.4. The maximum absolute atomic E-state index is 12.4. The van der Waals surface area contributed by atoms with Gasteiger partial charge in [0, 0.05) is 19.1 Å². The number of hydrogen-bond acceptors (Lipinski definition) is 5. The van der Waals surface area contributed by atoms with Crippen molar-refractivity contribution < 1.29 is 4.79 Å². The highest BCUT2D eigenvalue weighted by Crippen LogP contribution is 2.29. The number of carbonyl (C=O) groups is 1. The van der Waals surface area contributed by atoms with E-state index >= 15 is 0 Å². The van der Waals surface area contributed by atoms with Crippen molar-refractivity contribution in [3.05, 3.63) is 65.7 Å². The summed E-state index contributed by atoms with van der Waals surface area (Å²) >= 11 is 0. The molecule has 180 valence electrons. The van der Waals surface area contributed by atoms with Crippen molar-refractivity contribution in [3.63, 3.8) is 0 Å². The number of nitriles is 2. The summed E-state index contributed by atoms with van der Waals surface area (Å²) in [7, 11) is 0. The topological polar surface area (TPSA) is 122 Å². The van der Waals surface area contributed by atoms with E-state index in [1.165, 1.54) is 10.5 Å². The molecule has 2 aromatic carbocycles. The molecule has 8 heteroatoms. The van der Waals surface area contributed by atoms with Crippen molar-refractivity contribution in [2.75, 3.05) is 24.5 Å². The first-order chi connectivity index (χ1) is 17.1. The number of benzene rings is 2. The Morgan fingerprint density at radius 3 is 2.71 bits per heavy atom. The first kappa shape index (κ1) is 24.3. The van der Waals surface area contributed by atoms with Gasteiger partial charge in [0.25, 0.3) is 0 Å². The zero-order chi connectivity index (χ0) is 24.6. The minimum Gasteiger partial charge on any atom is -0.369 e. The van der Waals surface area contributed by atoms with Crippen molar-refractivity contribution in [3.8, 4) is 12.3 Å². The van der Waals surface area contributed by atoms with Gasteiger partial charge in [0.2, 0.25) is 11.9 Å². The fraction of sp³-hybridized carbons (Fsp3) is 0.407. The van der Waals surface area contributed by atoms with Crippen LogP contribution < -0.4 is 16.0 Å². The molecule has 2 fully saturated rings. The minimum absolute atomic E-state index is 0.0173. The van der Waals surface area contributed by atoms with E-state index in [0.717, 1.165) is 45.2 Å². The molecular formula is C27H31N7O. The normalized spacial score (nSPS) is 23.1. The van der Waals surface area contributed by atoms with Gasteiger partial charge in [-0.15, -0.1) is 0 Å². The van der Waals surface area contributed by atoms with Gasteiger partial charge < -0.3 is 11.1 Å². The first-order valence-electron chi connectivity index (χ1n) is 12.1. The Balaban J connectivity index is 1.45. The average molecular weight is 470 g/mol. The Morgan fingerprint density at radius 1 is 1.14 bits per heavy atom. The Morgan fingerprint density at radius 2 is 1.94 bits per heavy atom. The van der Waals surface area contributed by atoms with Crippen LogP contribution in [0.5, 0.6) is 0 Å². The van der Waals surface area contributed by atoms with E-state index in [-0.39, 0.29) is 29.9 Å². The molecule has 1 saturated heterocycles. The molecule has 2 aromatic rings.